The number of carbonyl (C=O) groups excluding carboxylic acids is 4. The Bertz CT molecular complexity index is 2540. The molecule has 0 unspecified atom stereocenters. The highest BCUT2D eigenvalue weighted by molar-refractivity contribution is 6.16. The Balaban J connectivity index is 0.000000148. The van der Waals surface area contributed by atoms with Crippen LogP contribution in [0.4, 0.5) is 0 Å². The van der Waals surface area contributed by atoms with Crippen molar-refractivity contribution in [2.24, 2.45) is 0 Å². The van der Waals surface area contributed by atoms with Gasteiger partial charge in [0.25, 0.3) is 0 Å². The van der Waals surface area contributed by atoms with Gasteiger partial charge < -0.3 is 29.9 Å². The maximum Gasteiger partial charge on any atom is 0.346 e. The maximum absolute atomic E-state index is 11.0. The number of carboxylic acid groups (broad SMARTS) is 2. The van der Waals surface area contributed by atoms with Gasteiger partial charge in [0.15, 0.2) is 0 Å². The molecule has 2 heterocycles. The van der Waals surface area contributed by atoms with E-state index >= 15 is 0 Å². The molecule has 0 saturated heterocycles. The second-order valence-electron chi connectivity index (χ2n) is 13.3. The molecule has 0 fully saturated rings. The number of rotatable bonds is 4. The van der Waals surface area contributed by atoms with E-state index < -0.39 is 41.2 Å². The van der Waals surface area contributed by atoms with Crippen molar-refractivity contribution in [1.82, 2.24) is 0 Å². The molecule has 12 heteroatoms. The van der Waals surface area contributed by atoms with Crippen molar-refractivity contribution in [2.45, 2.75) is 19.3 Å². The number of hydrogen-bond donors (Lipinski definition) is 4. The zero-order valence-electron chi connectivity index (χ0n) is 30.1. The van der Waals surface area contributed by atoms with Gasteiger partial charge in [-0.1, -0.05) is 72.8 Å². The minimum Gasteiger partial charge on any atom is -0.508 e. The van der Waals surface area contributed by atoms with Gasteiger partial charge in [0.2, 0.25) is 0 Å². The molecular formula is C45H30O12. The summed E-state index contributed by atoms with van der Waals surface area (Å²) in [7, 11) is 0. The molecule has 0 bridgehead atoms. The number of hydrogen-bond acceptors (Lipinski definition) is 10. The lowest BCUT2D eigenvalue weighted by molar-refractivity contribution is 0.0425. The third-order valence-corrected chi connectivity index (χ3v) is 10.00. The lowest BCUT2D eigenvalue weighted by atomic mass is 9.67. The Kier molecular flexibility index (Phi) is 9.47. The van der Waals surface area contributed by atoms with Gasteiger partial charge in [0.05, 0.1) is 38.8 Å². The monoisotopic (exact) mass is 762 g/mol. The van der Waals surface area contributed by atoms with Gasteiger partial charge in [-0.25, -0.2) is 28.8 Å². The molecule has 9 rings (SSSR count). The van der Waals surface area contributed by atoms with Crippen molar-refractivity contribution in [1.29, 1.82) is 0 Å². The summed E-state index contributed by atoms with van der Waals surface area (Å²) in [5.74, 6) is -4.78. The third-order valence-electron chi connectivity index (χ3n) is 10.00. The molecular weight excluding hydrogens is 732 g/mol. The fraction of sp³-hybridized carbons (Fsp3) is 0.0667. The van der Waals surface area contributed by atoms with E-state index in [1.54, 1.807) is 12.1 Å². The zero-order valence-corrected chi connectivity index (χ0v) is 30.1. The molecule has 2 aliphatic heterocycles. The zero-order chi connectivity index (χ0) is 40.8. The predicted molar refractivity (Wildman–Crippen MR) is 203 cm³/mol. The molecule has 0 spiro atoms. The Morgan fingerprint density at radius 1 is 0.456 bits per heavy atom. The average molecular weight is 763 g/mol. The van der Waals surface area contributed by atoms with E-state index in [2.05, 4.69) is 70.1 Å². The minimum atomic E-state index is -1.15. The topological polar surface area (TPSA) is 202 Å². The van der Waals surface area contributed by atoms with Crippen LogP contribution in [0.5, 0.6) is 11.5 Å². The van der Waals surface area contributed by atoms with Crippen LogP contribution >= 0.6 is 0 Å². The van der Waals surface area contributed by atoms with E-state index in [9.17, 15) is 39.0 Å². The van der Waals surface area contributed by atoms with Gasteiger partial charge in [0.1, 0.15) is 11.5 Å². The Morgan fingerprint density at radius 3 is 1.19 bits per heavy atom. The SMILES string of the molecule is Cc1cc(C2(c3ccc(O)c(C)c3)c3ccccc3-c3ccccc32)ccc1O.O=C(O)c1ccc2c(c1)C(=O)OC2=O.O=C(O)c1ccc2c(c1)C(=O)OC2=O. The van der Waals surface area contributed by atoms with E-state index in [4.69, 9.17) is 10.2 Å². The normalized spacial score (nSPS) is 13.7. The molecule has 0 radical (unpaired) electrons. The first kappa shape index (κ1) is 37.5. The predicted octanol–water partition coefficient (Wildman–Crippen LogP) is 7.47. The second kappa shape index (κ2) is 14.4. The van der Waals surface area contributed by atoms with Gasteiger partial charge in [-0.05, 0) is 107 Å². The van der Waals surface area contributed by atoms with Crippen LogP contribution in [0.2, 0.25) is 0 Å². The first-order chi connectivity index (χ1) is 27.2. The number of carbonyl (C=O) groups is 6. The van der Waals surface area contributed by atoms with Gasteiger partial charge in [-0.15, -0.1) is 0 Å². The minimum absolute atomic E-state index is 0.00917. The highest BCUT2D eigenvalue weighted by Crippen LogP contribution is 2.56. The number of phenolic OH excluding ortho intramolecular Hbond substituents is 2. The van der Waals surface area contributed by atoms with E-state index in [0.29, 0.717) is 11.5 Å². The summed E-state index contributed by atoms with van der Waals surface area (Å²) in [6, 6.07) is 36.1. The molecule has 0 saturated carbocycles. The summed E-state index contributed by atoms with van der Waals surface area (Å²) in [5.41, 5.74) is 8.43. The van der Waals surface area contributed by atoms with E-state index in [1.165, 1.54) is 46.5 Å². The van der Waals surface area contributed by atoms with Crippen molar-refractivity contribution in [3.63, 3.8) is 0 Å². The lowest BCUT2D eigenvalue weighted by Crippen LogP contribution is -2.28. The molecule has 0 aromatic heterocycles. The number of fused-ring (bicyclic) bond motifs is 5. The number of esters is 4. The summed E-state index contributed by atoms with van der Waals surface area (Å²) < 4.78 is 8.59. The largest absolute Gasteiger partial charge is 0.508 e. The molecule has 12 nitrogen and oxygen atoms in total. The molecule has 6 aromatic carbocycles. The fourth-order valence-electron chi connectivity index (χ4n) is 7.24. The Hall–Kier alpha value is -7.86. The Labute approximate surface area is 323 Å². The van der Waals surface area contributed by atoms with Crippen LogP contribution in [-0.4, -0.2) is 56.2 Å². The average Bonchev–Trinajstić information content (AvgIpc) is 3.78. The van der Waals surface area contributed by atoms with Crippen LogP contribution in [0.25, 0.3) is 11.1 Å². The highest BCUT2D eigenvalue weighted by atomic mass is 16.6. The number of aromatic carboxylic acids is 2. The summed E-state index contributed by atoms with van der Waals surface area (Å²) in [6.45, 7) is 3.86. The number of cyclic esters (lactones) is 4. The lowest BCUT2D eigenvalue weighted by Gasteiger charge is -2.34. The fourth-order valence-corrected chi connectivity index (χ4v) is 7.24. The Morgan fingerprint density at radius 2 is 0.825 bits per heavy atom. The van der Waals surface area contributed by atoms with Crippen LogP contribution in [0, 0.1) is 13.8 Å². The molecule has 0 atom stereocenters. The summed E-state index contributed by atoms with van der Waals surface area (Å²) in [6.07, 6.45) is 0. The van der Waals surface area contributed by atoms with Gasteiger partial charge >= 0.3 is 35.8 Å². The molecule has 282 valence electrons. The van der Waals surface area contributed by atoms with E-state index in [-0.39, 0.29) is 33.4 Å². The summed E-state index contributed by atoms with van der Waals surface area (Å²) >= 11 is 0. The number of phenols is 2. The molecule has 1 aliphatic carbocycles. The molecule has 57 heavy (non-hydrogen) atoms. The molecule has 0 amide bonds. The van der Waals surface area contributed by atoms with E-state index in [0.717, 1.165) is 34.4 Å². The van der Waals surface area contributed by atoms with Crippen molar-refractivity contribution >= 4 is 35.8 Å². The standard InChI is InChI=1S/C27H22O2.2C9H4O5/c1-17-15-19(11-13-25(17)28)27(20-12-14-26(29)18(2)16-20)23-9-5-3-7-21(23)22-8-4-6-10-24(22)27;2*10-7(11)4-1-2-5-6(3-4)9(13)14-8(5)12/h3-16,28-29H,1-2H3;2*1-3H,(H,10,11). The van der Waals surface area contributed by atoms with Crippen LogP contribution < -0.4 is 0 Å². The van der Waals surface area contributed by atoms with Crippen molar-refractivity contribution in [3.05, 3.63) is 188 Å². The van der Waals surface area contributed by atoms with E-state index in [1.807, 2.05) is 26.0 Å². The maximum atomic E-state index is 11.0. The number of benzene rings is 6. The molecule has 6 aromatic rings. The van der Waals surface area contributed by atoms with Crippen LogP contribution in [0.1, 0.15) is 95.5 Å². The van der Waals surface area contributed by atoms with Crippen LogP contribution in [0.15, 0.2) is 121 Å². The van der Waals surface area contributed by atoms with Crippen molar-refractivity contribution in [2.75, 3.05) is 0 Å². The molecule has 4 N–H and O–H groups in total. The van der Waals surface area contributed by atoms with Gasteiger partial charge in [-0.3, -0.25) is 0 Å². The second-order valence-corrected chi connectivity index (χ2v) is 13.3. The summed E-state index contributed by atoms with van der Waals surface area (Å²) in [5, 5.41) is 37.6. The summed E-state index contributed by atoms with van der Waals surface area (Å²) in [4.78, 5) is 65.1. The highest BCUT2D eigenvalue weighted by Gasteiger charge is 2.46. The van der Waals surface area contributed by atoms with Gasteiger partial charge in [0, 0.05) is 0 Å². The third kappa shape index (κ3) is 6.44. The quantitative estimate of drug-likeness (QED) is 0.102. The smallest absolute Gasteiger partial charge is 0.346 e. The number of aromatic hydroxyl groups is 2. The van der Waals surface area contributed by atoms with Gasteiger partial charge in [-0.2, -0.15) is 0 Å². The van der Waals surface area contributed by atoms with Crippen LogP contribution in [-0.2, 0) is 14.9 Å². The number of aryl methyl sites for hydroxylation is 2. The first-order valence-corrected chi connectivity index (χ1v) is 17.3. The van der Waals surface area contributed by atoms with Crippen molar-refractivity contribution < 1.29 is 58.7 Å². The number of ether oxygens (including phenoxy) is 2. The van der Waals surface area contributed by atoms with Crippen LogP contribution in [0.3, 0.4) is 0 Å². The molecule has 3 aliphatic rings. The first-order valence-electron chi connectivity index (χ1n) is 17.3. The van der Waals surface area contributed by atoms with Crippen molar-refractivity contribution in [3.8, 4) is 22.6 Å². The number of carboxylic acids is 2.